The summed E-state index contributed by atoms with van der Waals surface area (Å²) in [5, 5.41) is 3.06. The van der Waals surface area contributed by atoms with Gasteiger partial charge in [-0.05, 0) is 12.1 Å². The highest BCUT2D eigenvalue weighted by molar-refractivity contribution is 8.00. The molecule has 4 N–H and O–H groups in total. The van der Waals surface area contributed by atoms with E-state index in [4.69, 9.17) is 5.73 Å². The Bertz CT molecular complexity index is 1010. The van der Waals surface area contributed by atoms with Crippen LogP contribution in [0.3, 0.4) is 0 Å². The minimum absolute atomic E-state index is 0.00910. The van der Waals surface area contributed by atoms with E-state index in [2.05, 4.69) is 34.7 Å². The molecule has 0 unspecified atom stereocenters. The van der Waals surface area contributed by atoms with Gasteiger partial charge >= 0.3 is 6.29 Å². The van der Waals surface area contributed by atoms with E-state index in [1.54, 1.807) is 0 Å². The highest BCUT2D eigenvalue weighted by Crippen LogP contribution is 2.42. The van der Waals surface area contributed by atoms with Crippen molar-refractivity contribution >= 4 is 40.5 Å². The summed E-state index contributed by atoms with van der Waals surface area (Å²) in [4.78, 5) is 27.0. The molecule has 1 aromatic carbocycles. The maximum atomic E-state index is 13.0. The minimum Gasteiger partial charge on any atom is -0.395 e. The van der Waals surface area contributed by atoms with Crippen LogP contribution < -0.4 is 20.5 Å². The SMILES string of the molecule is Nc1nc(SCC(=O)Nc2ccc3c(c2)OC(F)(F)O3)c2[nH]cnc2n1. The molecular formula is C14H10F2N6O3S. The van der Waals surface area contributed by atoms with Crippen LogP contribution in [0.5, 0.6) is 11.5 Å². The van der Waals surface area contributed by atoms with Gasteiger partial charge in [0.15, 0.2) is 17.1 Å². The molecular weight excluding hydrogens is 370 g/mol. The van der Waals surface area contributed by atoms with Gasteiger partial charge in [-0.2, -0.15) is 4.98 Å². The van der Waals surface area contributed by atoms with Gasteiger partial charge in [-0.25, -0.2) is 9.97 Å². The topological polar surface area (TPSA) is 128 Å². The predicted octanol–water partition coefficient (Wildman–Crippen LogP) is 1.99. The van der Waals surface area contributed by atoms with Crippen molar-refractivity contribution < 1.29 is 23.0 Å². The smallest absolute Gasteiger partial charge is 0.395 e. The van der Waals surface area contributed by atoms with Crippen LogP contribution in [0.15, 0.2) is 29.6 Å². The summed E-state index contributed by atoms with van der Waals surface area (Å²) >= 11 is 1.13. The van der Waals surface area contributed by atoms with Gasteiger partial charge < -0.3 is 25.5 Å². The molecule has 3 aromatic rings. The number of nitrogens with two attached hydrogens (primary N) is 1. The summed E-state index contributed by atoms with van der Waals surface area (Å²) in [6.45, 7) is 0. The number of carbonyl (C=O) groups is 1. The second kappa shape index (κ2) is 5.98. The number of nitrogens with zero attached hydrogens (tertiary/aromatic N) is 3. The molecule has 9 nitrogen and oxygen atoms in total. The molecule has 0 saturated heterocycles. The van der Waals surface area contributed by atoms with Crippen LogP contribution in [0.2, 0.25) is 0 Å². The molecule has 26 heavy (non-hydrogen) atoms. The third-order valence-corrected chi connectivity index (χ3v) is 4.27. The summed E-state index contributed by atoms with van der Waals surface area (Å²) in [6.07, 6.45) is -2.26. The van der Waals surface area contributed by atoms with Crippen LogP contribution in [0.25, 0.3) is 11.2 Å². The van der Waals surface area contributed by atoms with Gasteiger partial charge in [-0.1, -0.05) is 11.8 Å². The summed E-state index contributed by atoms with van der Waals surface area (Å²) in [5.41, 5.74) is 6.88. The monoisotopic (exact) mass is 380 g/mol. The zero-order valence-corrected chi connectivity index (χ0v) is 13.6. The Kier molecular flexibility index (Phi) is 3.76. The first-order chi connectivity index (χ1) is 12.4. The number of nitrogen functional groups attached to an aromatic ring is 1. The maximum Gasteiger partial charge on any atom is 0.586 e. The van der Waals surface area contributed by atoms with Crippen molar-refractivity contribution in [3.05, 3.63) is 24.5 Å². The van der Waals surface area contributed by atoms with E-state index in [0.29, 0.717) is 21.9 Å². The summed E-state index contributed by atoms with van der Waals surface area (Å²) < 4.78 is 34.7. The summed E-state index contributed by atoms with van der Waals surface area (Å²) in [5.74, 6) is -0.562. The molecule has 3 heterocycles. The number of ether oxygens (including phenoxy) is 2. The molecule has 1 aliphatic heterocycles. The number of aromatic nitrogens is 4. The van der Waals surface area contributed by atoms with Gasteiger partial charge in [0.1, 0.15) is 10.5 Å². The first-order valence-corrected chi connectivity index (χ1v) is 8.17. The van der Waals surface area contributed by atoms with Gasteiger partial charge in [-0.3, -0.25) is 4.79 Å². The zero-order chi connectivity index (χ0) is 18.3. The van der Waals surface area contributed by atoms with E-state index in [9.17, 15) is 13.6 Å². The van der Waals surface area contributed by atoms with Crippen molar-refractivity contribution in [2.75, 3.05) is 16.8 Å². The quantitative estimate of drug-likeness (QED) is 0.463. The minimum atomic E-state index is -3.71. The molecule has 2 aromatic heterocycles. The average molecular weight is 380 g/mol. The molecule has 12 heteroatoms. The Hall–Kier alpha value is -3.15. The molecule has 1 aliphatic rings. The van der Waals surface area contributed by atoms with Crippen molar-refractivity contribution in [2.24, 2.45) is 0 Å². The van der Waals surface area contributed by atoms with Crippen molar-refractivity contribution in [2.45, 2.75) is 11.3 Å². The second-order valence-corrected chi connectivity index (χ2v) is 6.12. The molecule has 0 bridgehead atoms. The summed E-state index contributed by atoms with van der Waals surface area (Å²) in [7, 11) is 0. The first kappa shape index (κ1) is 16.3. The molecule has 0 fully saturated rings. The Morgan fingerprint density at radius 1 is 1.31 bits per heavy atom. The number of H-pyrrole nitrogens is 1. The number of alkyl halides is 2. The van der Waals surface area contributed by atoms with Crippen LogP contribution in [0.4, 0.5) is 20.4 Å². The second-order valence-electron chi connectivity index (χ2n) is 5.15. The highest BCUT2D eigenvalue weighted by Gasteiger charge is 2.43. The molecule has 0 spiro atoms. The van der Waals surface area contributed by atoms with Crippen LogP contribution in [0, 0.1) is 0 Å². The third-order valence-electron chi connectivity index (χ3n) is 3.29. The standard InChI is InChI=1S/C14H10F2N6O3S/c15-14(16)24-7-2-1-6(3-8(7)25-14)20-9(23)4-26-12-10-11(19-5-18-10)21-13(17)22-12/h1-3,5H,4H2,(H,20,23)(H3,17,18,19,21,22). The van der Waals surface area contributed by atoms with Crippen LogP contribution in [0.1, 0.15) is 0 Å². The number of hydrogen-bond acceptors (Lipinski definition) is 8. The van der Waals surface area contributed by atoms with Crippen molar-refractivity contribution in [3.8, 4) is 11.5 Å². The Morgan fingerprint density at radius 3 is 2.96 bits per heavy atom. The maximum absolute atomic E-state index is 13.0. The lowest BCUT2D eigenvalue weighted by molar-refractivity contribution is -0.286. The highest BCUT2D eigenvalue weighted by atomic mass is 32.2. The number of carbonyl (C=O) groups excluding carboxylic acids is 1. The van der Waals surface area contributed by atoms with E-state index in [1.807, 2.05) is 0 Å². The molecule has 0 atom stereocenters. The number of amides is 1. The van der Waals surface area contributed by atoms with Crippen molar-refractivity contribution in [1.82, 2.24) is 19.9 Å². The Morgan fingerprint density at radius 2 is 2.12 bits per heavy atom. The van der Waals surface area contributed by atoms with Gasteiger partial charge in [0, 0.05) is 11.8 Å². The number of imidazole rings is 1. The number of fused-ring (bicyclic) bond motifs is 2. The fourth-order valence-electron chi connectivity index (χ4n) is 2.28. The van der Waals surface area contributed by atoms with Gasteiger partial charge in [0.25, 0.3) is 0 Å². The zero-order valence-electron chi connectivity index (χ0n) is 12.8. The first-order valence-electron chi connectivity index (χ1n) is 7.19. The largest absolute Gasteiger partial charge is 0.586 e. The fraction of sp³-hybridized carbons (Fsp3) is 0.143. The number of benzene rings is 1. The number of hydrogen-bond donors (Lipinski definition) is 3. The Labute approximate surface area is 148 Å². The van der Waals surface area contributed by atoms with E-state index in [-0.39, 0.29) is 29.1 Å². The van der Waals surface area contributed by atoms with Crippen molar-refractivity contribution in [1.29, 1.82) is 0 Å². The lowest BCUT2D eigenvalue weighted by atomic mass is 10.3. The van der Waals surface area contributed by atoms with Crippen LogP contribution in [-0.4, -0.2) is 37.9 Å². The molecule has 0 saturated carbocycles. The van der Waals surface area contributed by atoms with Crippen molar-refractivity contribution in [3.63, 3.8) is 0 Å². The predicted molar refractivity (Wildman–Crippen MR) is 88.1 cm³/mol. The normalized spacial score (nSPS) is 14.5. The van der Waals surface area contributed by atoms with Gasteiger partial charge in [-0.15, -0.1) is 8.78 Å². The number of aromatic amines is 1. The van der Waals surface area contributed by atoms with E-state index in [1.165, 1.54) is 24.5 Å². The van der Waals surface area contributed by atoms with Crippen LogP contribution >= 0.6 is 11.8 Å². The third kappa shape index (κ3) is 3.18. The van der Waals surface area contributed by atoms with E-state index < -0.39 is 6.29 Å². The van der Waals surface area contributed by atoms with E-state index in [0.717, 1.165) is 11.8 Å². The summed E-state index contributed by atoms with van der Waals surface area (Å²) in [6, 6.07) is 3.98. The fourth-order valence-corrected chi connectivity index (χ4v) is 3.08. The number of nitrogens with one attached hydrogen (secondary N) is 2. The van der Waals surface area contributed by atoms with Gasteiger partial charge in [0.2, 0.25) is 11.9 Å². The average Bonchev–Trinajstić information content (AvgIpc) is 3.14. The number of anilines is 2. The van der Waals surface area contributed by atoms with Crippen LogP contribution in [-0.2, 0) is 4.79 Å². The molecule has 4 rings (SSSR count). The lowest BCUT2D eigenvalue weighted by Gasteiger charge is -2.06. The Balaban J connectivity index is 1.43. The molecule has 0 aliphatic carbocycles. The number of thioether (sulfide) groups is 1. The lowest BCUT2D eigenvalue weighted by Crippen LogP contribution is -2.25. The molecule has 134 valence electrons. The van der Waals surface area contributed by atoms with Gasteiger partial charge in [0.05, 0.1) is 12.1 Å². The molecule has 0 radical (unpaired) electrons. The molecule has 1 amide bonds. The number of halogens is 2. The number of rotatable bonds is 4. The van der Waals surface area contributed by atoms with E-state index >= 15 is 0 Å².